The smallest absolute Gasteiger partial charge is 0.319 e. The lowest BCUT2D eigenvalue weighted by Crippen LogP contribution is -2.10. The summed E-state index contributed by atoms with van der Waals surface area (Å²) in [5, 5.41) is 2.05. The molecule has 1 aliphatic carbocycles. The zero-order valence-corrected chi connectivity index (χ0v) is 12.8. The van der Waals surface area contributed by atoms with E-state index in [2.05, 4.69) is 9.97 Å². The number of thiophene rings is 1. The lowest BCUT2D eigenvalue weighted by atomic mass is 10.2. The molecular formula is C14H14N2O2S2. The van der Waals surface area contributed by atoms with E-state index >= 15 is 0 Å². The number of esters is 1. The van der Waals surface area contributed by atoms with Gasteiger partial charge in [-0.15, -0.1) is 11.3 Å². The number of ether oxygens (including phenoxy) is 1. The average Bonchev–Trinajstić information content (AvgIpc) is 3.05. The third-order valence-corrected chi connectivity index (χ3v) is 6.20. The second-order valence-corrected chi connectivity index (χ2v) is 7.45. The maximum atomic E-state index is 11.7. The number of hydrogen-bond acceptors (Lipinski definition) is 6. The molecule has 0 amide bonds. The van der Waals surface area contributed by atoms with E-state index in [0.717, 1.165) is 34.9 Å². The van der Waals surface area contributed by atoms with Gasteiger partial charge in [-0.2, -0.15) is 0 Å². The predicted molar refractivity (Wildman–Crippen MR) is 79.4 cm³/mol. The van der Waals surface area contributed by atoms with Crippen LogP contribution in [-0.2, 0) is 22.4 Å². The predicted octanol–water partition coefficient (Wildman–Crippen LogP) is 2.90. The van der Waals surface area contributed by atoms with Crippen molar-refractivity contribution in [3.8, 4) is 0 Å². The standard InChI is InChI=1S/C14H14N2O2S2/c1-7-15-12-11(8-3-2-4-9(8)19-12)13(16-7)20-10-5-6-18-14(10)17/h10H,2-6H2,1H3. The number of rotatable bonds is 2. The van der Waals surface area contributed by atoms with E-state index in [1.54, 1.807) is 23.1 Å². The van der Waals surface area contributed by atoms with Crippen LogP contribution in [0.4, 0.5) is 0 Å². The van der Waals surface area contributed by atoms with E-state index in [1.165, 1.54) is 22.2 Å². The second-order valence-electron chi connectivity index (χ2n) is 5.18. The van der Waals surface area contributed by atoms with Crippen molar-refractivity contribution in [3.63, 3.8) is 0 Å². The fourth-order valence-corrected chi connectivity index (χ4v) is 5.41. The quantitative estimate of drug-likeness (QED) is 0.631. The van der Waals surface area contributed by atoms with Crippen LogP contribution in [0.15, 0.2) is 5.03 Å². The molecule has 0 aromatic carbocycles. The molecule has 2 aliphatic rings. The van der Waals surface area contributed by atoms with Crippen LogP contribution in [0.25, 0.3) is 10.2 Å². The van der Waals surface area contributed by atoms with E-state index in [-0.39, 0.29) is 11.2 Å². The van der Waals surface area contributed by atoms with Crippen molar-refractivity contribution in [3.05, 3.63) is 16.3 Å². The van der Waals surface area contributed by atoms with Crippen molar-refractivity contribution in [1.82, 2.24) is 9.97 Å². The van der Waals surface area contributed by atoms with Gasteiger partial charge in [0.15, 0.2) is 0 Å². The van der Waals surface area contributed by atoms with E-state index < -0.39 is 0 Å². The molecule has 1 unspecified atom stereocenters. The summed E-state index contributed by atoms with van der Waals surface area (Å²) < 4.78 is 5.05. The summed E-state index contributed by atoms with van der Waals surface area (Å²) in [6.07, 6.45) is 4.27. The maximum absolute atomic E-state index is 11.7. The van der Waals surface area contributed by atoms with Gasteiger partial charge in [0.25, 0.3) is 0 Å². The monoisotopic (exact) mass is 306 g/mol. The molecule has 2 aromatic heterocycles. The van der Waals surface area contributed by atoms with Crippen LogP contribution in [0.1, 0.15) is 29.1 Å². The van der Waals surface area contributed by atoms with Crippen molar-refractivity contribution < 1.29 is 9.53 Å². The molecule has 20 heavy (non-hydrogen) atoms. The number of carbonyl (C=O) groups is 1. The molecule has 0 saturated carbocycles. The third-order valence-electron chi connectivity index (χ3n) is 3.78. The van der Waals surface area contributed by atoms with Gasteiger partial charge in [-0.3, -0.25) is 4.79 Å². The minimum absolute atomic E-state index is 0.105. The first-order chi connectivity index (χ1) is 9.72. The van der Waals surface area contributed by atoms with Crippen LogP contribution < -0.4 is 0 Å². The average molecular weight is 306 g/mol. The third kappa shape index (κ3) is 1.93. The highest BCUT2D eigenvalue weighted by Gasteiger charge is 2.30. The number of aromatic nitrogens is 2. The van der Waals surface area contributed by atoms with Crippen LogP contribution in [0.3, 0.4) is 0 Å². The van der Waals surface area contributed by atoms with Crippen LogP contribution >= 0.6 is 23.1 Å². The molecule has 6 heteroatoms. The number of aryl methyl sites for hydroxylation is 3. The number of thioether (sulfide) groups is 1. The first kappa shape index (κ1) is 12.6. The van der Waals surface area contributed by atoms with Crippen molar-refractivity contribution in [2.45, 2.75) is 42.9 Å². The summed E-state index contributed by atoms with van der Waals surface area (Å²) in [6.45, 7) is 2.45. The zero-order chi connectivity index (χ0) is 13.7. The lowest BCUT2D eigenvalue weighted by molar-refractivity contribution is -0.137. The number of nitrogens with zero attached hydrogens (tertiary/aromatic N) is 2. The minimum Gasteiger partial charge on any atom is -0.465 e. The Morgan fingerprint density at radius 3 is 3.05 bits per heavy atom. The largest absolute Gasteiger partial charge is 0.465 e. The molecule has 0 bridgehead atoms. The van der Waals surface area contributed by atoms with Crippen LogP contribution in [0.5, 0.6) is 0 Å². The molecule has 104 valence electrons. The highest BCUT2D eigenvalue weighted by Crippen LogP contribution is 2.42. The second kappa shape index (κ2) is 4.70. The maximum Gasteiger partial charge on any atom is 0.319 e. The first-order valence-corrected chi connectivity index (χ1v) is 8.54. The fraction of sp³-hybridized carbons (Fsp3) is 0.500. The highest BCUT2D eigenvalue weighted by molar-refractivity contribution is 8.00. The molecule has 0 N–H and O–H groups in total. The van der Waals surface area contributed by atoms with Gasteiger partial charge in [-0.05, 0) is 31.7 Å². The Kier molecular flexibility index (Phi) is 2.96. The van der Waals surface area contributed by atoms with Crippen molar-refractivity contribution in [2.24, 2.45) is 0 Å². The Bertz CT molecular complexity index is 711. The molecule has 0 radical (unpaired) electrons. The molecule has 1 aliphatic heterocycles. The molecule has 1 fully saturated rings. The van der Waals surface area contributed by atoms with Crippen LogP contribution in [0, 0.1) is 6.92 Å². The Hall–Kier alpha value is -1.14. The van der Waals surface area contributed by atoms with Gasteiger partial charge < -0.3 is 4.74 Å². The van der Waals surface area contributed by atoms with Gasteiger partial charge in [0.2, 0.25) is 0 Å². The van der Waals surface area contributed by atoms with Crippen LogP contribution in [-0.4, -0.2) is 27.8 Å². The molecular weight excluding hydrogens is 292 g/mol. The molecule has 1 saturated heterocycles. The molecule has 1 atom stereocenters. The number of fused-ring (bicyclic) bond motifs is 3. The van der Waals surface area contributed by atoms with Gasteiger partial charge >= 0.3 is 5.97 Å². The first-order valence-electron chi connectivity index (χ1n) is 6.84. The van der Waals surface area contributed by atoms with Crippen molar-refractivity contribution in [1.29, 1.82) is 0 Å². The van der Waals surface area contributed by atoms with Crippen LogP contribution in [0.2, 0.25) is 0 Å². The highest BCUT2D eigenvalue weighted by atomic mass is 32.2. The van der Waals surface area contributed by atoms with Gasteiger partial charge in [-0.1, -0.05) is 11.8 Å². The van der Waals surface area contributed by atoms with E-state index in [9.17, 15) is 4.79 Å². The summed E-state index contributed by atoms with van der Waals surface area (Å²) in [7, 11) is 0. The number of cyclic esters (lactones) is 1. The Morgan fingerprint density at radius 2 is 2.25 bits per heavy atom. The summed E-state index contributed by atoms with van der Waals surface area (Å²) >= 11 is 3.35. The van der Waals surface area contributed by atoms with E-state index in [1.807, 2.05) is 6.92 Å². The van der Waals surface area contributed by atoms with E-state index in [4.69, 9.17) is 4.74 Å². The van der Waals surface area contributed by atoms with Crippen molar-refractivity contribution in [2.75, 3.05) is 6.61 Å². The lowest BCUT2D eigenvalue weighted by Gasteiger charge is -2.08. The SMILES string of the molecule is Cc1nc(SC2CCOC2=O)c2c3c(sc2n1)CCC3. The topological polar surface area (TPSA) is 52.1 Å². The number of carbonyl (C=O) groups excluding carboxylic acids is 1. The minimum atomic E-state index is -0.107. The fourth-order valence-electron chi connectivity index (χ4n) is 2.87. The molecule has 4 rings (SSSR count). The zero-order valence-electron chi connectivity index (χ0n) is 11.1. The van der Waals surface area contributed by atoms with Gasteiger partial charge in [0.05, 0.1) is 6.61 Å². The van der Waals surface area contributed by atoms with E-state index in [0.29, 0.717) is 6.61 Å². The summed E-state index contributed by atoms with van der Waals surface area (Å²) in [4.78, 5) is 23.4. The Morgan fingerprint density at radius 1 is 1.35 bits per heavy atom. The normalized spacial score (nSPS) is 21.4. The summed E-state index contributed by atoms with van der Waals surface area (Å²) in [6, 6.07) is 0. The van der Waals surface area contributed by atoms with Gasteiger partial charge in [0, 0.05) is 16.7 Å². The Balaban J connectivity index is 1.83. The number of hydrogen-bond donors (Lipinski definition) is 0. The molecule has 0 spiro atoms. The summed E-state index contributed by atoms with van der Waals surface area (Å²) in [5.41, 5.74) is 1.42. The summed E-state index contributed by atoms with van der Waals surface area (Å²) in [5.74, 6) is 0.678. The van der Waals surface area contributed by atoms with Crippen molar-refractivity contribution >= 4 is 39.3 Å². The molecule has 3 heterocycles. The Labute approximate surface area is 124 Å². The molecule has 2 aromatic rings. The van der Waals surface area contributed by atoms with Gasteiger partial charge in [0.1, 0.15) is 20.9 Å². The van der Waals surface area contributed by atoms with Gasteiger partial charge in [-0.25, -0.2) is 9.97 Å². The molecule has 4 nitrogen and oxygen atoms in total.